The Morgan fingerprint density at radius 1 is 1.05 bits per heavy atom. The van der Waals surface area contributed by atoms with E-state index in [1.165, 1.54) is 0 Å². The third-order valence-corrected chi connectivity index (χ3v) is 3.24. The predicted molar refractivity (Wildman–Crippen MR) is 81.3 cm³/mol. The van der Waals surface area contributed by atoms with Crippen LogP contribution >= 0.6 is 0 Å². The molecule has 2 amide bonds. The topological polar surface area (TPSA) is 70.7 Å². The fourth-order valence-corrected chi connectivity index (χ4v) is 2.05. The van der Waals surface area contributed by atoms with Crippen LogP contribution in [-0.2, 0) is 14.3 Å². The van der Waals surface area contributed by atoms with E-state index in [0.717, 1.165) is 24.5 Å². The fourth-order valence-electron chi connectivity index (χ4n) is 2.05. The van der Waals surface area contributed by atoms with Crippen molar-refractivity contribution in [2.24, 2.45) is 0 Å². The highest BCUT2D eigenvalue weighted by Crippen LogP contribution is 2.13. The van der Waals surface area contributed by atoms with E-state index in [-0.39, 0.29) is 11.8 Å². The predicted octanol–water partition coefficient (Wildman–Crippen LogP) is 1.31. The van der Waals surface area contributed by atoms with Crippen LogP contribution in [0, 0.1) is 0 Å². The molecule has 0 atom stereocenters. The van der Waals surface area contributed by atoms with E-state index in [0.29, 0.717) is 26.2 Å². The van der Waals surface area contributed by atoms with Gasteiger partial charge in [-0.3, -0.25) is 14.5 Å². The summed E-state index contributed by atoms with van der Waals surface area (Å²) >= 11 is 0. The summed E-state index contributed by atoms with van der Waals surface area (Å²) in [5.74, 6) is -0.0682. The zero-order valence-corrected chi connectivity index (χ0v) is 12.2. The van der Waals surface area contributed by atoms with E-state index in [1.807, 2.05) is 0 Å². The minimum Gasteiger partial charge on any atom is -0.379 e. The molecule has 2 rings (SSSR count). The molecule has 0 radical (unpaired) electrons. The second-order valence-electron chi connectivity index (χ2n) is 4.92. The van der Waals surface area contributed by atoms with Gasteiger partial charge in [-0.2, -0.15) is 0 Å². The molecule has 1 fully saturated rings. The molecule has 0 spiro atoms. The smallest absolute Gasteiger partial charge is 0.238 e. The number of carbonyl (C=O) groups excluding carboxylic acids is 2. The first-order valence-electron chi connectivity index (χ1n) is 7.17. The van der Waals surface area contributed by atoms with Gasteiger partial charge in [0, 0.05) is 30.9 Å². The highest BCUT2D eigenvalue weighted by molar-refractivity contribution is 5.93. The lowest BCUT2D eigenvalue weighted by Crippen LogP contribution is -2.41. The van der Waals surface area contributed by atoms with Crippen molar-refractivity contribution in [3.05, 3.63) is 24.3 Å². The van der Waals surface area contributed by atoms with Crippen molar-refractivity contribution >= 4 is 23.2 Å². The Kier molecular flexibility index (Phi) is 5.71. The van der Waals surface area contributed by atoms with Crippen LogP contribution in [0.1, 0.15) is 13.3 Å². The minimum absolute atomic E-state index is 0.0286. The maximum atomic E-state index is 11.9. The second kappa shape index (κ2) is 7.75. The van der Waals surface area contributed by atoms with Crippen molar-refractivity contribution < 1.29 is 14.3 Å². The zero-order chi connectivity index (χ0) is 15.1. The van der Waals surface area contributed by atoms with Gasteiger partial charge in [-0.05, 0) is 24.3 Å². The Morgan fingerprint density at radius 2 is 1.57 bits per heavy atom. The van der Waals surface area contributed by atoms with Crippen molar-refractivity contribution in [3.63, 3.8) is 0 Å². The molecule has 0 unspecified atom stereocenters. The number of ether oxygens (including phenoxy) is 1. The number of hydrogen-bond acceptors (Lipinski definition) is 4. The Bertz CT molecular complexity index is 481. The SMILES string of the molecule is CCC(=O)Nc1ccc(NC(=O)CN2CCOCC2)cc1. The third kappa shape index (κ3) is 5.17. The second-order valence-corrected chi connectivity index (χ2v) is 4.92. The summed E-state index contributed by atoms with van der Waals surface area (Å²) in [6.45, 7) is 5.11. The van der Waals surface area contributed by atoms with E-state index < -0.39 is 0 Å². The molecule has 1 aromatic carbocycles. The lowest BCUT2D eigenvalue weighted by molar-refractivity contribution is -0.118. The van der Waals surface area contributed by atoms with Crippen molar-refractivity contribution in [3.8, 4) is 0 Å². The number of amides is 2. The third-order valence-electron chi connectivity index (χ3n) is 3.24. The first kappa shape index (κ1) is 15.5. The molecule has 6 nitrogen and oxygen atoms in total. The molecule has 1 saturated heterocycles. The molecule has 21 heavy (non-hydrogen) atoms. The molecule has 0 saturated carbocycles. The molecule has 1 aromatic rings. The average Bonchev–Trinajstić information content (AvgIpc) is 2.50. The van der Waals surface area contributed by atoms with Crippen molar-refractivity contribution in [2.45, 2.75) is 13.3 Å². The van der Waals surface area contributed by atoms with Gasteiger partial charge in [0.25, 0.3) is 0 Å². The molecule has 0 aromatic heterocycles. The maximum absolute atomic E-state index is 11.9. The van der Waals surface area contributed by atoms with Gasteiger partial charge in [-0.25, -0.2) is 0 Å². The van der Waals surface area contributed by atoms with Gasteiger partial charge in [0.2, 0.25) is 11.8 Å². The number of nitrogens with zero attached hydrogens (tertiary/aromatic N) is 1. The van der Waals surface area contributed by atoms with E-state index in [1.54, 1.807) is 31.2 Å². The normalized spacial score (nSPS) is 15.5. The summed E-state index contributed by atoms with van der Waals surface area (Å²) in [5, 5.41) is 5.61. The lowest BCUT2D eigenvalue weighted by Gasteiger charge is -2.25. The van der Waals surface area contributed by atoms with Crippen LogP contribution in [0.25, 0.3) is 0 Å². The first-order valence-corrected chi connectivity index (χ1v) is 7.17. The molecule has 0 bridgehead atoms. The Morgan fingerprint density at radius 3 is 2.10 bits per heavy atom. The summed E-state index contributed by atoms with van der Waals surface area (Å²) in [6, 6.07) is 7.11. The first-order chi connectivity index (χ1) is 10.2. The molecule has 1 aliphatic rings. The summed E-state index contributed by atoms with van der Waals surface area (Å²) in [6.07, 6.45) is 0.442. The van der Waals surface area contributed by atoms with Gasteiger partial charge < -0.3 is 15.4 Å². The number of rotatable bonds is 5. The Hall–Kier alpha value is -1.92. The maximum Gasteiger partial charge on any atom is 0.238 e. The van der Waals surface area contributed by atoms with E-state index in [9.17, 15) is 9.59 Å². The summed E-state index contributed by atoms with van der Waals surface area (Å²) in [5.41, 5.74) is 1.45. The number of nitrogens with one attached hydrogen (secondary N) is 2. The number of hydrogen-bond donors (Lipinski definition) is 2. The van der Waals surface area contributed by atoms with Gasteiger partial charge in [-0.15, -0.1) is 0 Å². The summed E-state index contributed by atoms with van der Waals surface area (Å²) in [7, 11) is 0. The van der Waals surface area contributed by atoms with Gasteiger partial charge >= 0.3 is 0 Å². The van der Waals surface area contributed by atoms with Crippen LogP contribution in [0.2, 0.25) is 0 Å². The number of anilines is 2. The fraction of sp³-hybridized carbons (Fsp3) is 0.467. The van der Waals surface area contributed by atoms with Gasteiger partial charge in [-0.1, -0.05) is 6.92 Å². The van der Waals surface area contributed by atoms with E-state index >= 15 is 0 Å². The van der Waals surface area contributed by atoms with Gasteiger partial charge in [0.05, 0.1) is 19.8 Å². The summed E-state index contributed by atoms with van der Waals surface area (Å²) < 4.78 is 5.25. The Balaban J connectivity index is 1.81. The van der Waals surface area contributed by atoms with Crippen molar-refractivity contribution in [2.75, 3.05) is 43.5 Å². The number of morpholine rings is 1. The molecule has 6 heteroatoms. The van der Waals surface area contributed by atoms with Crippen LogP contribution in [0.3, 0.4) is 0 Å². The molecule has 2 N–H and O–H groups in total. The molecule has 114 valence electrons. The van der Waals surface area contributed by atoms with Crippen molar-refractivity contribution in [1.29, 1.82) is 0 Å². The van der Waals surface area contributed by atoms with Crippen LogP contribution in [0.15, 0.2) is 24.3 Å². The molecule has 0 aliphatic carbocycles. The molecular weight excluding hydrogens is 270 g/mol. The lowest BCUT2D eigenvalue weighted by atomic mass is 10.2. The molecule has 1 aliphatic heterocycles. The number of carbonyl (C=O) groups is 2. The van der Waals surface area contributed by atoms with Crippen LogP contribution in [0.4, 0.5) is 11.4 Å². The number of benzene rings is 1. The molecular formula is C15H21N3O3. The average molecular weight is 291 g/mol. The van der Waals surface area contributed by atoms with Crippen LogP contribution in [0.5, 0.6) is 0 Å². The van der Waals surface area contributed by atoms with Crippen LogP contribution in [-0.4, -0.2) is 49.6 Å². The van der Waals surface area contributed by atoms with Crippen molar-refractivity contribution in [1.82, 2.24) is 4.90 Å². The van der Waals surface area contributed by atoms with Gasteiger partial charge in [0.15, 0.2) is 0 Å². The molecule has 1 heterocycles. The van der Waals surface area contributed by atoms with Gasteiger partial charge in [0.1, 0.15) is 0 Å². The quantitative estimate of drug-likeness (QED) is 0.858. The minimum atomic E-state index is -0.0396. The van der Waals surface area contributed by atoms with E-state index in [2.05, 4.69) is 15.5 Å². The van der Waals surface area contributed by atoms with E-state index in [4.69, 9.17) is 4.74 Å². The highest BCUT2D eigenvalue weighted by atomic mass is 16.5. The zero-order valence-electron chi connectivity index (χ0n) is 12.2. The summed E-state index contributed by atoms with van der Waals surface area (Å²) in [4.78, 5) is 25.3. The highest BCUT2D eigenvalue weighted by Gasteiger charge is 2.14. The largest absolute Gasteiger partial charge is 0.379 e. The standard InChI is InChI=1S/C15H21N3O3/c1-2-14(19)16-12-3-5-13(6-4-12)17-15(20)11-18-7-9-21-10-8-18/h3-6H,2,7-11H2,1H3,(H,16,19)(H,17,20). The Labute approximate surface area is 124 Å². The van der Waals surface area contributed by atoms with Crippen LogP contribution < -0.4 is 10.6 Å². The monoisotopic (exact) mass is 291 g/mol.